The van der Waals surface area contributed by atoms with Crippen molar-refractivity contribution in [2.24, 2.45) is 0 Å². The molecule has 0 N–H and O–H groups in total. The number of benzene rings is 2. The van der Waals surface area contributed by atoms with Crippen LogP contribution in [-0.2, 0) is 12.4 Å². The molecule has 21 heavy (non-hydrogen) atoms. The van der Waals surface area contributed by atoms with E-state index in [4.69, 9.17) is 23.2 Å². The van der Waals surface area contributed by atoms with E-state index >= 15 is 0 Å². The minimum atomic E-state index is -0.491. The third-order valence-corrected chi connectivity index (χ3v) is 3.80. The van der Waals surface area contributed by atoms with Gasteiger partial charge in [-0.05, 0) is 30.3 Å². The predicted molar refractivity (Wildman–Crippen MR) is 79.8 cm³/mol. The standard InChI is InChI=1S/C15H10Cl2F2N2/c16-7-14-20-13-3-1-2-11(17)15(13)21(14)8-9-6-10(18)4-5-12(9)19/h1-6H,7-8H2. The Morgan fingerprint density at radius 3 is 2.71 bits per heavy atom. The van der Waals surface area contributed by atoms with Gasteiger partial charge < -0.3 is 4.57 Å². The fourth-order valence-electron chi connectivity index (χ4n) is 2.30. The van der Waals surface area contributed by atoms with Crippen LogP contribution in [0.25, 0.3) is 11.0 Å². The van der Waals surface area contributed by atoms with Crippen LogP contribution < -0.4 is 0 Å². The summed E-state index contributed by atoms with van der Waals surface area (Å²) in [5.41, 5.74) is 1.56. The summed E-state index contributed by atoms with van der Waals surface area (Å²) in [7, 11) is 0. The van der Waals surface area contributed by atoms with Crippen LogP contribution in [-0.4, -0.2) is 9.55 Å². The van der Waals surface area contributed by atoms with E-state index in [1.165, 1.54) is 0 Å². The van der Waals surface area contributed by atoms with Crippen LogP contribution in [0.4, 0.5) is 8.78 Å². The van der Waals surface area contributed by atoms with Gasteiger partial charge in [0, 0.05) is 5.56 Å². The molecule has 0 fully saturated rings. The summed E-state index contributed by atoms with van der Waals surface area (Å²) >= 11 is 12.1. The van der Waals surface area contributed by atoms with E-state index in [1.54, 1.807) is 22.8 Å². The third-order valence-electron chi connectivity index (χ3n) is 3.25. The van der Waals surface area contributed by atoms with Crippen molar-refractivity contribution in [1.29, 1.82) is 0 Å². The maximum absolute atomic E-state index is 13.8. The normalized spacial score (nSPS) is 11.2. The molecular weight excluding hydrogens is 317 g/mol. The summed E-state index contributed by atoms with van der Waals surface area (Å²) in [6, 6.07) is 8.66. The van der Waals surface area contributed by atoms with Gasteiger partial charge in [0.25, 0.3) is 0 Å². The SMILES string of the molecule is Fc1ccc(F)c(Cn2c(CCl)nc3cccc(Cl)c32)c1. The topological polar surface area (TPSA) is 17.8 Å². The van der Waals surface area contributed by atoms with Crippen molar-refractivity contribution in [2.45, 2.75) is 12.4 Å². The smallest absolute Gasteiger partial charge is 0.128 e. The van der Waals surface area contributed by atoms with Crippen LogP contribution in [0.2, 0.25) is 5.02 Å². The van der Waals surface area contributed by atoms with Crippen LogP contribution >= 0.6 is 23.2 Å². The summed E-state index contributed by atoms with van der Waals surface area (Å²) < 4.78 is 28.9. The molecule has 0 bridgehead atoms. The first kappa shape index (κ1) is 14.3. The Balaban J connectivity index is 2.17. The van der Waals surface area contributed by atoms with Crippen molar-refractivity contribution >= 4 is 34.2 Å². The number of hydrogen-bond acceptors (Lipinski definition) is 1. The Morgan fingerprint density at radius 2 is 1.95 bits per heavy atom. The molecule has 0 radical (unpaired) electrons. The Hall–Kier alpha value is -1.65. The highest BCUT2D eigenvalue weighted by molar-refractivity contribution is 6.35. The Bertz CT molecular complexity index is 815. The van der Waals surface area contributed by atoms with Crippen LogP contribution in [0.1, 0.15) is 11.4 Å². The van der Waals surface area contributed by atoms with Gasteiger partial charge in [-0.3, -0.25) is 0 Å². The Kier molecular flexibility index (Phi) is 3.83. The fraction of sp³-hybridized carbons (Fsp3) is 0.133. The zero-order valence-electron chi connectivity index (χ0n) is 10.8. The van der Waals surface area contributed by atoms with Gasteiger partial charge in [0.2, 0.25) is 0 Å². The zero-order valence-corrected chi connectivity index (χ0v) is 12.3. The largest absolute Gasteiger partial charge is 0.321 e. The Morgan fingerprint density at radius 1 is 1.14 bits per heavy atom. The number of hydrogen-bond donors (Lipinski definition) is 0. The number of nitrogens with zero attached hydrogens (tertiary/aromatic N) is 2. The van der Waals surface area contributed by atoms with E-state index in [-0.39, 0.29) is 18.0 Å². The van der Waals surface area contributed by atoms with E-state index in [0.29, 0.717) is 21.9 Å². The molecule has 0 unspecified atom stereocenters. The summed E-state index contributed by atoms with van der Waals surface area (Å²) in [4.78, 5) is 4.37. The maximum Gasteiger partial charge on any atom is 0.128 e. The first-order valence-electron chi connectivity index (χ1n) is 6.23. The molecule has 3 aromatic rings. The summed E-state index contributed by atoms with van der Waals surface area (Å²) in [5.74, 6) is -0.259. The highest BCUT2D eigenvalue weighted by Gasteiger charge is 2.15. The van der Waals surface area contributed by atoms with E-state index in [9.17, 15) is 8.78 Å². The molecule has 0 aliphatic rings. The zero-order chi connectivity index (χ0) is 15.0. The lowest BCUT2D eigenvalue weighted by Gasteiger charge is -2.10. The van der Waals surface area contributed by atoms with Gasteiger partial charge in [-0.15, -0.1) is 11.6 Å². The molecule has 3 rings (SSSR count). The molecule has 0 aliphatic heterocycles. The second kappa shape index (κ2) is 5.62. The van der Waals surface area contributed by atoms with Gasteiger partial charge >= 0.3 is 0 Å². The molecule has 2 aromatic carbocycles. The van der Waals surface area contributed by atoms with E-state index < -0.39 is 11.6 Å². The lowest BCUT2D eigenvalue weighted by molar-refractivity contribution is 0.577. The van der Waals surface area contributed by atoms with Crippen LogP contribution in [0.5, 0.6) is 0 Å². The number of para-hydroxylation sites is 1. The van der Waals surface area contributed by atoms with Crippen molar-refractivity contribution < 1.29 is 8.78 Å². The van der Waals surface area contributed by atoms with Crippen LogP contribution in [0.15, 0.2) is 36.4 Å². The van der Waals surface area contributed by atoms with Crippen molar-refractivity contribution in [1.82, 2.24) is 9.55 Å². The minimum Gasteiger partial charge on any atom is -0.321 e. The number of imidazole rings is 1. The van der Waals surface area contributed by atoms with Gasteiger partial charge in [-0.25, -0.2) is 13.8 Å². The molecular formula is C15H10Cl2F2N2. The molecule has 0 spiro atoms. The molecule has 108 valence electrons. The van der Waals surface area contributed by atoms with Gasteiger partial charge in [-0.2, -0.15) is 0 Å². The average molecular weight is 327 g/mol. The molecule has 6 heteroatoms. The van der Waals surface area contributed by atoms with Crippen molar-refractivity contribution in [3.63, 3.8) is 0 Å². The molecule has 0 saturated heterocycles. The van der Waals surface area contributed by atoms with E-state index in [0.717, 1.165) is 18.2 Å². The van der Waals surface area contributed by atoms with Crippen molar-refractivity contribution in [3.05, 3.63) is 64.4 Å². The van der Waals surface area contributed by atoms with Gasteiger partial charge in [-0.1, -0.05) is 17.7 Å². The second-order valence-electron chi connectivity index (χ2n) is 4.59. The summed E-state index contributed by atoms with van der Waals surface area (Å²) in [6.45, 7) is 0.117. The minimum absolute atomic E-state index is 0.117. The second-order valence-corrected chi connectivity index (χ2v) is 5.27. The van der Waals surface area contributed by atoms with E-state index in [1.807, 2.05) is 0 Å². The fourth-order valence-corrected chi connectivity index (χ4v) is 2.77. The van der Waals surface area contributed by atoms with Gasteiger partial charge in [0.05, 0.1) is 28.5 Å². The van der Waals surface area contributed by atoms with Crippen LogP contribution in [0.3, 0.4) is 0 Å². The molecule has 1 aromatic heterocycles. The molecule has 0 aliphatic carbocycles. The number of halogens is 4. The number of aromatic nitrogens is 2. The lowest BCUT2D eigenvalue weighted by atomic mass is 10.2. The first-order valence-corrected chi connectivity index (χ1v) is 7.15. The summed E-state index contributed by atoms with van der Waals surface area (Å²) in [5, 5.41) is 0.494. The third kappa shape index (κ3) is 2.61. The number of fused-ring (bicyclic) bond motifs is 1. The molecule has 0 amide bonds. The first-order chi connectivity index (χ1) is 10.1. The summed E-state index contributed by atoms with van der Waals surface area (Å²) in [6.07, 6.45) is 0. The van der Waals surface area contributed by atoms with E-state index in [2.05, 4.69) is 4.98 Å². The van der Waals surface area contributed by atoms with Crippen LogP contribution in [0, 0.1) is 11.6 Å². The highest BCUT2D eigenvalue weighted by Crippen LogP contribution is 2.26. The molecule has 0 atom stereocenters. The molecule has 1 heterocycles. The van der Waals surface area contributed by atoms with Crippen molar-refractivity contribution in [2.75, 3.05) is 0 Å². The maximum atomic E-state index is 13.8. The molecule has 0 saturated carbocycles. The predicted octanol–water partition coefficient (Wildman–Crippen LogP) is 4.76. The average Bonchev–Trinajstić information content (AvgIpc) is 2.82. The number of alkyl halides is 1. The van der Waals surface area contributed by atoms with Gasteiger partial charge in [0.15, 0.2) is 0 Å². The lowest BCUT2D eigenvalue weighted by Crippen LogP contribution is -2.06. The Labute approximate surface area is 129 Å². The van der Waals surface area contributed by atoms with Crippen molar-refractivity contribution in [3.8, 4) is 0 Å². The quantitative estimate of drug-likeness (QED) is 0.635. The number of rotatable bonds is 3. The monoisotopic (exact) mass is 326 g/mol. The molecule has 2 nitrogen and oxygen atoms in total. The highest BCUT2D eigenvalue weighted by atomic mass is 35.5. The van der Waals surface area contributed by atoms with Gasteiger partial charge in [0.1, 0.15) is 17.5 Å².